The van der Waals surface area contributed by atoms with Crippen molar-refractivity contribution in [1.82, 2.24) is 9.88 Å². The molecule has 2 fully saturated rings. The summed E-state index contributed by atoms with van der Waals surface area (Å²) in [6, 6.07) is 4.81. The minimum atomic E-state index is -0.813. The van der Waals surface area contributed by atoms with Gasteiger partial charge in [-0.2, -0.15) is 0 Å². The largest absolute Gasteiger partial charge is 0.380 e. The van der Waals surface area contributed by atoms with Gasteiger partial charge in [-0.05, 0) is 30.2 Å². The number of nitrogens with zero attached hydrogens (tertiary/aromatic N) is 3. The van der Waals surface area contributed by atoms with Crippen LogP contribution in [0.4, 0.5) is 14.6 Å². The highest BCUT2D eigenvalue weighted by Gasteiger charge is 2.47. The average Bonchev–Trinajstić information content (AvgIpc) is 2.62. The molecule has 3 heterocycles. The van der Waals surface area contributed by atoms with Crippen molar-refractivity contribution in [3.63, 3.8) is 0 Å². The molecule has 4 rings (SSSR count). The summed E-state index contributed by atoms with van der Waals surface area (Å²) in [7, 11) is 0. The van der Waals surface area contributed by atoms with Gasteiger partial charge < -0.3 is 9.64 Å². The van der Waals surface area contributed by atoms with Crippen LogP contribution in [0.2, 0.25) is 5.02 Å². The van der Waals surface area contributed by atoms with E-state index in [1.807, 2.05) is 0 Å². The second-order valence-corrected chi connectivity index (χ2v) is 7.67. The van der Waals surface area contributed by atoms with Gasteiger partial charge in [0.25, 0.3) is 5.91 Å². The fourth-order valence-electron chi connectivity index (χ4n) is 3.62. The van der Waals surface area contributed by atoms with Crippen LogP contribution in [0.15, 0.2) is 30.5 Å². The first kappa shape index (κ1) is 19.7. The number of halogens is 3. The molecule has 1 aromatic heterocycles. The molecule has 2 amide bonds. The van der Waals surface area contributed by atoms with E-state index in [4.69, 9.17) is 16.3 Å². The van der Waals surface area contributed by atoms with E-state index >= 15 is 0 Å². The Morgan fingerprint density at radius 2 is 1.97 bits per heavy atom. The predicted molar refractivity (Wildman–Crippen MR) is 101 cm³/mol. The summed E-state index contributed by atoms with van der Waals surface area (Å²) in [4.78, 5) is 32.6. The van der Waals surface area contributed by atoms with E-state index in [9.17, 15) is 18.4 Å². The van der Waals surface area contributed by atoms with E-state index in [1.54, 1.807) is 19.1 Å². The zero-order chi connectivity index (χ0) is 20.7. The second-order valence-electron chi connectivity index (χ2n) is 7.23. The van der Waals surface area contributed by atoms with E-state index in [0.29, 0.717) is 24.3 Å². The molecule has 2 saturated heterocycles. The van der Waals surface area contributed by atoms with Gasteiger partial charge in [-0.1, -0.05) is 23.7 Å². The lowest BCUT2D eigenvalue weighted by Crippen LogP contribution is -2.65. The molecule has 0 N–H and O–H groups in total. The summed E-state index contributed by atoms with van der Waals surface area (Å²) >= 11 is 5.74. The minimum absolute atomic E-state index is 0.0966. The molecule has 0 aliphatic carbocycles. The summed E-state index contributed by atoms with van der Waals surface area (Å²) in [6.07, 6.45) is 1.23. The van der Waals surface area contributed by atoms with Gasteiger partial charge in [-0.25, -0.2) is 13.8 Å². The molecule has 0 bridgehead atoms. The SMILES string of the molecule is Cc1cc(CN2C(=O)CN(c3ncc(Cl)cc3F)C(=O)[C@H]2C2COC2)ccc1F. The fraction of sp³-hybridized carbons (Fsp3) is 0.350. The number of anilines is 1. The van der Waals surface area contributed by atoms with Crippen molar-refractivity contribution in [2.45, 2.75) is 19.5 Å². The molecule has 9 heteroatoms. The van der Waals surface area contributed by atoms with Gasteiger partial charge in [0.05, 0.1) is 18.2 Å². The number of carbonyl (C=O) groups is 2. The van der Waals surface area contributed by atoms with Gasteiger partial charge in [0.2, 0.25) is 5.91 Å². The van der Waals surface area contributed by atoms with Crippen LogP contribution in [0.3, 0.4) is 0 Å². The Labute approximate surface area is 171 Å². The third kappa shape index (κ3) is 3.70. The van der Waals surface area contributed by atoms with Crippen LogP contribution in [-0.2, 0) is 20.9 Å². The second kappa shape index (κ2) is 7.68. The number of aryl methyl sites for hydroxylation is 1. The minimum Gasteiger partial charge on any atom is -0.380 e. The number of hydrogen-bond donors (Lipinski definition) is 0. The van der Waals surface area contributed by atoms with Crippen LogP contribution < -0.4 is 4.90 Å². The van der Waals surface area contributed by atoms with Crippen LogP contribution in [0.5, 0.6) is 0 Å². The molecule has 2 aliphatic heterocycles. The number of amides is 2. The predicted octanol–water partition coefficient (Wildman–Crippen LogP) is 2.71. The summed E-state index contributed by atoms with van der Waals surface area (Å²) < 4.78 is 33.2. The van der Waals surface area contributed by atoms with Gasteiger partial charge in [0, 0.05) is 18.7 Å². The monoisotopic (exact) mass is 421 g/mol. The van der Waals surface area contributed by atoms with Crippen molar-refractivity contribution in [3.05, 3.63) is 58.2 Å². The first-order valence-electron chi connectivity index (χ1n) is 9.10. The zero-order valence-corrected chi connectivity index (χ0v) is 16.3. The number of piperazine rings is 1. The Balaban J connectivity index is 1.66. The molecule has 1 aromatic carbocycles. The van der Waals surface area contributed by atoms with E-state index in [1.165, 1.54) is 17.2 Å². The lowest BCUT2D eigenvalue weighted by Gasteiger charge is -2.45. The van der Waals surface area contributed by atoms with Crippen molar-refractivity contribution in [2.75, 3.05) is 24.7 Å². The van der Waals surface area contributed by atoms with Crippen molar-refractivity contribution in [3.8, 4) is 0 Å². The molecule has 0 saturated carbocycles. The molecule has 2 aliphatic rings. The summed E-state index contributed by atoms with van der Waals surface area (Å²) in [5.74, 6) is -2.31. The average molecular weight is 422 g/mol. The number of pyridine rings is 1. The Morgan fingerprint density at radius 3 is 2.59 bits per heavy atom. The third-order valence-electron chi connectivity index (χ3n) is 5.20. The van der Waals surface area contributed by atoms with E-state index in [2.05, 4.69) is 4.98 Å². The topological polar surface area (TPSA) is 62.7 Å². The van der Waals surface area contributed by atoms with Crippen molar-refractivity contribution < 1.29 is 23.1 Å². The standard InChI is InChI=1S/C20H18ClF2N3O3/c1-11-4-12(2-3-15(11)22)7-25-17(27)8-26(19-16(23)5-14(21)6-24-19)20(28)18(25)13-9-29-10-13/h2-6,13,18H,7-10H2,1H3/t18-/m1/s1. The summed E-state index contributed by atoms with van der Waals surface area (Å²) in [5.41, 5.74) is 1.16. The Bertz CT molecular complexity index is 983. The quantitative estimate of drug-likeness (QED) is 0.761. The van der Waals surface area contributed by atoms with Crippen molar-refractivity contribution in [1.29, 1.82) is 0 Å². The molecular weight excluding hydrogens is 404 g/mol. The molecule has 0 spiro atoms. The molecule has 2 aromatic rings. The van der Waals surface area contributed by atoms with Gasteiger partial charge in [-0.15, -0.1) is 0 Å². The lowest BCUT2D eigenvalue weighted by molar-refractivity contribution is -0.155. The lowest BCUT2D eigenvalue weighted by atomic mass is 9.92. The maximum absolute atomic E-state index is 14.4. The van der Waals surface area contributed by atoms with Gasteiger partial charge >= 0.3 is 0 Å². The number of ether oxygens (including phenoxy) is 1. The van der Waals surface area contributed by atoms with Crippen LogP contribution in [0.25, 0.3) is 0 Å². The number of hydrogen-bond acceptors (Lipinski definition) is 4. The molecule has 29 heavy (non-hydrogen) atoms. The Morgan fingerprint density at radius 1 is 1.21 bits per heavy atom. The smallest absolute Gasteiger partial charge is 0.251 e. The maximum Gasteiger partial charge on any atom is 0.251 e. The van der Waals surface area contributed by atoms with E-state index in [-0.39, 0.29) is 41.6 Å². The van der Waals surface area contributed by atoms with Crippen LogP contribution in [0, 0.1) is 24.5 Å². The van der Waals surface area contributed by atoms with Crippen molar-refractivity contribution >= 4 is 29.2 Å². The van der Waals surface area contributed by atoms with Gasteiger partial charge in [-0.3, -0.25) is 14.5 Å². The molecular formula is C20H18ClF2N3O3. The zero-order valence-electron chi connectivity index (χ0n) is 15.6. The summed E-state index contributed by atoms with van der Waals surface area (Å²) in [6.45, 7) is 2.10. The molecule has 0 unspecified atom stereocenters. The first-order valence-corrected chi connectivity index (χ1v) is 9.47. The normalized spacial score (nSPS) is 20.2. The number of benzene rings is 1. The Kier molecular flexibility index (Phi) is 5.23. The summed E-state index contributed by atoms with van der Waals surface area (Å²) in [5, 5.41) is 0.0966. The fourth-order valence-corrected chi connectivity index (χ4v) is 3.76. The first-order chi connectivity index (χ1) is 13.8. The molecule has 0 radical (unpaired) electrons. The highest BCUT2D eigenvalue weighted by Crippen LogP contribution is 2.30. The number of rotatable bonds is 4. The molecule has 1 atom stereocenters. The van der Waals surface area contributed by atoms with Gasteiger partial charge in [0.15, 0.2) is 11.6 Å². The maximum atomic E-state index is 14.4. The molecule has 6 nitrogen and oxygen atoms in total. The van der Waals surface area contributed by atoms with E-state index < -0.39 is 17.8 Å². The highest BCUT2D eigenvalue weighted by molar-refractivity contribution is 6.30. The highest BCUT2D eigenvalue weighted by atomic mass is 35.5. The number of aromatic nitrogens is 1. The van der Waals surface area contributed by atoms with Crippen LogP contribution >= 0.6 is 11.6 Å². The Hall–Kier alpha value is -2.58. The van der Waals surface area contributed by atoms with Gasteiger partial charge in [0.1, 0.15) is 18.4 Å². The number of carbonyl (C=O) groups excluding carboxylic acids is 2. The van der Waals surface area contributed by atoms with Crippen LogP contribution in [0.1, 0.15) is 11.1 Å². The van der Waals surface area contributed by atoms with Crippen LogP contribution in [-0.4, -0.2) is 47.5 Å². The molecule has 152 valence electrons. The van der Waals surface area contributed by atoms with Crippen molar-refractivity contribution in [2.24, 2.45) is 5.92 Å². The third-order valence-corrected chi connectivity index (χ3v) is 5.40. The van der Waals surface area contributed by atoms with E-state index in [0.717, 1.165) is 11.0 Å².